The van der Waals surface area contributed by atoms with Crippen molar-refractivity contribution in [3.8, 4) is 11.5 Å². The van der Waals surface area contributed by atoms with Crippen molar-refractivity contribution >= 4 is 0 Å². The van der Waals surface area contributed by atoms with Crippen LogP contribution in [-0.4, -0.2) is 12.2 Å². The number of benzene rings is 2. The number of aliphatic hydroxyl groups excluding tert-OH is 1. The average molecular weight is 286 g/mol. The molecule has 2 rings (SSSR count). The molecule has 0 aliphatic carbocycles. The van der Waals surface area contributed by atoms with Gasteiger partial charge in [0.1, 0.15) is 18.1 Å². The van der Waals surface area contributed by atoms with Crippen LogP contribution in [0, 0.1) is 13.8 Å². The van der Waals surface area contributed by atoms with Gasteiger partial charge in [-0.15, -0.1) is 0 Å². The molecule has 0 aromatic heterocycles. The van der Waals surface area contributed by atoms with Gasteiger partial charge in [0.25, 0.3) is 0 Å². The summed E-state index contributed by atoms with van der Waals surface area (Å²) in [6, 6.07) is 11.7. The lowest BCUT2D eigenvalue weighted by Crippen LogP contribution is -2.02. The lowest BCUT2D eigenvalue weighted by Gasteiger charge is -2.15. The Kier molecular flexibility index (Phi) is 4.86. The van der Waals surface area contributed by atoms with Gasteiger partial charge in [0.15, 0.2) is 0 Å². The van der Waals surface area contributed by atoms with Crippen molar-refractivity contribution < 1.29 is 14.6 Å². The molecule has 0 bridgehead atoms. The van der Waals surface area contributed by atoms with Crippen molar-refractivity contribution in [2.75, 3.05) is 7.11 Å². The maximum Gasteiger partial charge on any atom is 0.129 e. The van der Waals surface area contributed by atoms with E-state index in [-0.39, 0.29) is 0 Å². The van der Waals surface area contributed by atoms with Crippen molar-refractivity contribution in [1.29, 1.82) is 0 Å². The summed E-state index contributed by atoms with van der Waals surface area (Å²) < 4.78 is 11.1. The van der Waals surface area contributed by atoms with Crippen LogP contribution in [0.2, 0.25) is 0 Å². The van der Waals surface area contributed by atoms with Crippen molar-refractivity contribution in [2.45, 2.75) is 33.5 Å². The van der Waals surface area contributed by atoms with Crippen LogP contribution in [0.5, 0.6) is 11.5 Å². The monoisotopic (exact) mass is 286 g/mol. The molecule has 1 atom stereocenters. The van der Waals surface area contributed by atoms with E-state index in [1.807, 2.05) is 18.2 Å². The Bertz CT molecular complexity index is 618. The highest BCUT2D eigenvalue weighted by Crippen LogP contribution is 2.30. The fourth-order valence-corrected chi connectivity index (χ4v) is 2.17. The van der Waals surface area contributed by atoms with Gasteiger partial charge in [-0.25, -0.2) is 0 Å². The Morgan fingerprint density at radius 1 is 1.05 bits per heavy atom. The molecule has 0 saturated heterocycles. The van der Waals surface area contributed by atoms with Gasteiger partial charge < -0.3 is 14.6 Å². The zero-order valence-corrected chi connectivity index (χ0v) is 13.0. The van der Waals surface area contributed by atoms with Gasteiger partial charge in [0.2, 0.25) is 0 Å². The minimum absolute atomic E-state index is 0.466. The standard InChI is InChI=1S/C18H22O3/c1-12-5-6-15(9-13(12)2)11-21-18-10-16(20-4)7-8-17(18)14(3)19/h5-10,14,19H,11H2,1-4H3/t14-/m1/s1. The highest BCUT2D eigenvalue weighted by Gasteiger charge is 2.11. The van der Waals surface area contributed by atoms with Crippen LogP contribution in [0.3, 0.4) is 0 Å². The van der Waals surface area contributed by atoms with Crippen molar-refractivity contribution in [2.24, 2.45) is 0 Å². The fourth-order valence-electron chi connectivity index (χ4n) is 2.17. The van der Waals surface area contributed by atoms with Crippen LogP contribution in [0.1, 0.15) is 35.3 Å². The van der Waals surface area contributed by atoms with Crippen LogP contribution in [0.25, 0.3) is 0 Å². The third-order valence-electron chi connectivity index (χ3n) is 3.64. The molecule has 3 nitrogen and oxygen atoms in total. The molecule has 1 N–H and O–H groups in total. The summed E-state index contributed by atoms with van der Waals surface area (Å²) in [5.74, 6) is 1.37. The summed E-state index contributed by atoms with van der Waals surface area (Å²) in [6.45, 7) is 6.37. The Morgan fingerprint density at radius 3 is 2.43 bits per heavy atom. The number of hydrogen-bond acceptors (Lipinski definition) is 3. The normalized spacial score (nSPS) is 12.0. The first kappa shape index (κ1) is 15.4. The molecule has 0 saturated carbocycles. The summed E-state index contributed by atoms with van der Waals surface area (Å²) in [5, 5.41) is 9.83. The molecule has 3 heteroatoms. The number of hydrogen-bond donors (Lipinski definition) is 1. The average Bonchev–Trinajstić information content (AvgIpc) is 2.48. The summed E-state index contributed by atoms with van der Waals surface area (Å²) >= 11 is 0. The van der Waals surface area contributed by atoms with Gasteiger partial charge in [-0.2, -0.15) is 0 Å². The van der Waals surface area contributed by atoms with Gasteiger partial charge in [0.05, 0.1) is 13.2 Å². The lowest BCUT2D eigenvalue weighted by atomic mass is 10.1. The highest BCUT2D eigenvalue weighted by molar-refractivity contribution is 5.42. The van der Waals surface area contributed by atoms with E-state index in [0.29, 0.717) is 12.4 Å². The molecule has 0 heterocycles. The Balaban J connectivity index is 2.19. The maximum absolute atomic E-state index is 9.83. The topological polar surface area (TPSA) is 38.7 Å². The predicted octanol–water partition coefficient (Wildman–Crippen LogP) is 3.94. The molecule has 0 aliphatic heterocycles. The number of rotatable bonds is 5. The molecule has 0 spiro atoms. The van der Waals surface area contributed by atoms with Crippen LogP contribution < -0.4 is 9.47 Å². The molecule has 0 aliphatic rings. The lowest BCUT2D eigenvalue weighted by molar-refractivity contribution is 0.190. The largest absolute Gasteiger partial charge is 0.497 e. The minimum atomic E-state index is -0.578. The van der Waals surface area contributed by atoms with Gasteiger partial charge in [-0.1, -0.05) is 18.2 Å². The Hall–Kier alpha value is -2.00. The van der Waals surface area contributed by atoms with Crippen molar-refractivity contribution in [3.05, 3.63) is 58.7 Å². The molecule has 21 heavy (non-hydrogen) atoms. The van der Waals surface area contributed by atoms with E-state index >= 15 is 0 Å². The summed E-state index contributed by atoms with van der Waals surface area (Å²) in [7, 11) is 1.62. The molecular weight excluding hydrogens is 264 g/mol. The number of methoxy groups -OCH3 is 1. The van der Waals surface area contributed by atoms with Gasteiger partial charge in [0, 0.05) is 11.6 Å². The maximum atomic E-state index is 9.83. The second-order valence-corrected chi connectivity index (χ2v) is 5.29. The molecule has 0 amide bonds. The van der Waals surface area contributed by atoms with E-state index in [1.54, 1.807) is 14.0 Å². The van der Waals surface area contributed by atoms with E-state index in [4.69, 9.17) is 9.47 Å². The summed E-state index contributed by atoms with van der Waals surface area (Å²) in [6.07, 6.45) is -0.578. The van der Waals surface area contributed by atoms with E-state index in [9.17, 15) is 5.11 Å². The third-order valence-corrected chi connectivity index (χ3v) is 3.64. The number of aryl methyl sites for hydroxylation is 2. The molecule has 112 valence electrons. The van der Waals surface area contributed by atoms with Crippen LogP contribution in [0.4, 0.5) is 0 Å². The van der Waals surface area contributed by atoms with Gasteiger partial charge in [-0.3, -0.25) is 0 Å². The molecule has 0 unspecified atom stereocenters. The van der Waals surface area contributed by atoms with E-state index in [1.165, 1.54) is 11.1 Å². The Labute approximate surface area is 126 Å². The SMILES string of the molecule is COc1ccc([C@@H](C)O)c(OCc2ccc(C)c(C)c2)c1. The number of ether oxygens (including phenoxy) is 2. The van der Waals surface area contributed by atoms with E-state index in [2.05, 4.69) is 32.0 Å². The fraction of sp³-hybridized carbons (Fsp3) is 0.333. The van der Waals surface area contributed by atoms with Crippen LogP contribution in [0.15, 0.2) is 36.4 Å². The Morgan fingerprint density at radius 2 is 1.81 bits per heavy atom. The van der Waals surface area contributed by atoms with Crippen LogP contribution in [-0.2, 0) is 6.61 Å². The summed E-state index contributed by atoms with van der Waals surface area (Å²) in [4.78, 5) is 0. The minimum Gasteiger partial charge on any atom is -0.497 e. The first-order chi connectivity index (χ1) is 10.0. The van der Waals surface area contributed by atoms with Gasteiger partial charge in [-0.05, 0) is 49.6 Å². The zero-order chi connectivity index (χ0) is 15.4. The summed E-state index contributed by atoms with van der Waals surface area (Å²) in [5.41, 5.74) is 4.39. The first-order valence-corrected chi connectivity index (χ1v) is 7.06. The van der Waals surface area contributed by atoms with Crippen molar-refractivity contribution in [3.63, 3.8) is 0 Å². The molecule has 0 fully saturated rings. The van der Waals surface area contributed by atoms with E-state index < -0.39 is 6.10 Å². The predicted molar refractivity (Wildman–Crippen MR) is 83.9 cm³/mol. The zero-order valence-electron chi connectivity index (χ0n) is 13.0. The molecule has 2 aromatic rings. The van der Waals surface area contributed by atoms with E-state index in [0.717, 1.165) is 16.9 Å². The second-order valence-electron chi connectivity index (χ2n) is 5.29. The third kappa shape index (κ3) is 3.76. The quantitative estimate of drug-likeness (QED) is 0.904. The second kappa shape index (κ2) is 6.64. The number of aliphatic hydroxyl groups is 1. The van der Waals surface area contributed by atoms with Crippen LogP contribution >= 0.6 is 0 Å². The first-order valence-electron chi connectivity index (χ1n) is 7.06. The molecule has 0 radical (unpaired) electrons. The van der Waals surface area contributed by atoms with Gasteiger partial charge >= 0.3 is 0 Å². The highest BCUT2D eigenvalue weighted by atomic mass is 16.5. The molecular formula is C18H22O3. The smallest absolute Gasteiger partial charge is 0.129 e. The van der Waals surface area contributed by atoms with Crippen molar-refractivity contribution in [1.82, 2.24) is 0 Å². The molecule has 2 aromatic carbocycles.